The molecule has 1 aliphatic rings. The molecule has 1 saturated heterocycles. The number of aryl methyl sites for hydroxylation is 2. The van der Waals surface area contributed by atoms with E-state index in [1.807, 2.05) is 19.4 Å². The Morgan fingerprint density at radius 3 is 2.92 bits per heavy atom. The molecule has 0 saturated carbocycles. The summed E-state index contributed by atoms with van der Waals surface area (Å²) in [6.07, 6.45) is 11.4. The summed E-state index contributed by atoms with van der Waals surface area (Å²) in [7, 11) is 1.90. The minimum absolute atomic E-state index is 0.572. The molecule has 132 valence electrons. The normalized spacial score (nSPS) is 18.1. The van der Waals surface area contributed by atoms with E-state index in [0.717, 1.165) is 46.3 Å². The van der Waals surface area contributed by atoms with Gasteiger partial charge in [-0.15, -0.1) is 0 Å². The zero-order valence-electron chi connectivity index (χ0n) is 14.2. The molecular formula is C17H22BrN7. The van der Waals surface area contributed by atoms with Crippen molar-refractivity contribution >= 4 is 27.4 Å². The maximum absolute atomic E-state index is 6.30. The first-order valence-electron chi connectivity index (χ1n) is 8.67. The number of nitrogen functional groups attached to an aromatic ring is 1. The zero-order chi connectivity index (χ0) is 17.4. The quantitative estimate of drug-likeness (QED) is 0.698. The maximum atomic E-state index is 6.30. The SMILES string of the molecule is Cn1cc(-c2cnn3c(N)c(Br)c(CCC4CCCCN4)nc23)cn1. The standard InChI is InChI=1S/C17H22BrN7/c1-24-10-11(8-21-24)13-9-22-25-16(19)15(18)14(23-17(13)25)6-5-12-4-2-3-7-20-12/h8-10,12,20H,2-7,19H2,1H3. The molecule has 0 aliphatic carbocycles. The summed E-state index contributed by atoms with van der Waals surface area (Å²) in [6.45, 7) is 1.12. The van der Waals surface area contributed by atoms with Crippen LogP contribution in [0.25, 0.3) is 16.8 Å². The van der Waals surface area contributed by atoms with E-state index >= 15 is 0 Å². The average molecular weight is 404 g/mol. The van der Waals surface area contributed by atoms with Crippen molar-refractivity contribution in [2.24, 2.45) is 7.05 Å². The molecule has 1 fully saturated rings. The number of anilines is 1. The van der Waals surface area contributed by atoms with Crippen LogP contribution in [-0.2, 0) is 13.5 Å². The van der Waals surface area contributed by atoms with Crippen LogP contribution in [0.5, 0.6) is 0 Å². The minimum atomic E-state index is 0.572. The Bertz CT molecular complexity index is 892. The number of rotatable bonds is 4. The van der Waals surface area contributed by atoms with Gasteiger partial charge in [0.05, 0.1) is 22.6 Å². The molecule has 25 heavy (non-hydrogen) atoms. The van der Waals surface area contributed by atoms with Gasteiger partial charge in [0.25, 0.3) is 0 Å². The predicted molar refractivity (Wildman–Crippen MR) is 101 cm³/mol. The summed E-state index contributed by atoms with van der Waals surface area (Å²) < 4.78 is 4.31. The second-order valence-electron chi connectivity index (χ2n) is 6.64. The summed E-state index contributed by atoms with van der Waals surface area (Å²) in [5.74, 6) is 0.590. The van der Waals surface area contributed by atoms with Crippen molar-refractivity contribution in [2.45, 2.75) is 38.1 Å². The van der Waals surface area contributed by atoms with Gasteiger partial charge in [-0.3, -0.25) is 4.68 Å². The number of fused-ring (bicyclic) bond motifs is 1. The lowest BCUT2D eigenvalue weighted by Gasteiger charge is -2.23. The molecule has 1 aliphatic heterocycles. The van der Waals surface area contributed by atoms with E-state index in [1.54, 1.807) is 15.4 Å². The lowest BCUT2D eigenvalue weighted by atomic mass is 9.99. The van der Waals surface area contributed by atoms with Gasteiger partial charge in [-0.05, 0) is 48.2 Å². The Morgan fingerprint density at radius 2 is 2.20 bits per heavy atom. The molecule has 4 rings (SSSR count). The number of aromatic nitrogens is 5. The predicted octanol–water partition coefficient (Wildman–Crippen LogP) is 2.55. The van der Waals surface area contributed by atoms with Crippen LogP contribution in [0.1, 0.15) is 31.4 Å². The van der Waals surface area contributed by atoms with Crippen LogP contribution in [0.3, 0.4) is 0 Å². The van der Waals surface area contributed by atoms with E-state index in [-0.39, 0.29) is 0 Å². The summed E-state index contributed by atoms with van der Waals surface area (Å²) in [4.78, 5) is 4.87. The van der Waals surface area contributed by atoms with Crippen LogP contribution in [0.4, 0.5) is 5.82 Å². The summed E-state index contributed by atoms with van der Waals surface area (Å²) in [5, 5.41) is 12.2. The Kier molecular flexibility index (Phi) is 4.47. The van der Waals surface area contributed by atoms with E-state index in [2.05, 4.69) is 31.4 Å². The van der Waals surface area contributed by atoms with Crippen LogP contribution in [0, 0.1) is 0 Å². The number of hydrogen-bond donors (Lipinski definition) is 2. The van der Waals surface area contributed by atoms with Gasteiger partial charge in [-0.25, -0.2) is 4.98 Å². The van der Waals surface area contributed by atoms with Gasteiger partial charge < -0.3 is 11.1 Å². The fraction of sp³-hybridized carbons (Fsp3) is 0.471. The molecule has 0 aromatic carbocycles. The molecule has 0 radical (unpaired) electrons. The molecule has 1 atom stereocenters. The Balaban J connectivity index is 1.68. The van der Waals surface area contributed by atoms with E-state index < -0.39 is 0 Å². The highest BCUT2D eigenvalue weighted by molar-refractivity contribution is 9.10. The fourth-order valence-corrected chi connectivity index (χ4v) is 3.91. The molecule has 0 bridgehead atoms. The molecule has 8 heteroatoms. The summed E-state index contributed by atoms with van der Waals surface area (Å²) in [5.41, 5.74) is 10.0. The van der Waals surface area contributed by atoms with Gasteiger partial charge in [0.2, 0.25) is 0 Å². The zero-order valence-corrected chi connectivity index (χ0v) is 15.8. The number of nitrogens with one attached hydrogen (secondary N) is 1. The van der Waals surface area contributed by atoms with Gasteiger partial charge in [-0.2, -0.15) is 14.7 Å². The molecule has 0 spiro atoms. The van der Waals surface area contributed by atoms with Crippen molar-refractivity contribution in [1.29, 1.82) is 0 Å². The molecule has 0 amide bonds. The van der Waals surface area contributed by atoms with Crippen LogP contribution >= 0.6 is 15.9 Å². The average Bonchev–Trinajstić information content (AvgIpc) is 3.23. The monoisotopic (exact) mass is 403 g/mol. The second kappa shape index (κ2) is 6.76. The molecule has 3 aromatic rings. The second-order valence-corrected chi connectivity index (χ2v) is 7.43. The van der Waals surface area contributed by atoms with Crippen molar-refractivity contribution in [3.05, 3.63) is 28.8 Å². The number of nitrogens with two attached hydrogens (primary N) is 1. The van der Waals surface area contributed by atoms with E-state index in [4.69, 9.17) is 10.7 Å². The molecule has 7 nitrogen and oxygen atoms in total. The third kappa shape index (κ3) is 3.16. The van der Waals surface area contributed by atoms with Crippen molar-refractivity contribution < 1.29 is 0 Å². The largest absolute Gasteiger partial charge is 0.383 e. The van der Waals surface area contributed by atoms with Crippen molar-refractivity contribution in [2.75, 3.05) is 12.3 Å². The van der Waals surface area contributed by atoms with Crippen molar-refractivity contribution in [3.8, 4) is 11.1 Å². The first-order valence-corrected chi connectivity index (χ1v) is 9.47. The molecule has 4 heterocycles. The van der Waals surface area contributed by atoms with Gasteiger partial charge in [0.1, 0.15) is 5.82 Å². The third-order valence-corrected chi connectivity index (χ3v) is 5.71. The molecular weight excluding hydrogens is 382 g/mol. The van der Waals surface area contributed by atoms with Crippen LogP contribution in [0.15, 0.2) is 23.1 Å². The van der Waals surface area contributed by atoms with Gasteiger partial charge in [0, 0.05) is 30.4 Å². The molecule has 1 unspecified atom stereocenters. The maximum Gasteiger partial charge on any atom is 0.165 e. The fourth-order valence-electron chi connectivity index (χ4n) is 3.45. The van der Waals surface area contributed by atoms with Crippen LogP contribution in [0.2, 0.25) is 0 Å². The van der Waals surface area contributed by atoms with Gasteiger partial charge in [0.15, 0.2) is 5.65 Å². The highest BCUT2D eigenvalue weighted by Crippen LogP contribution is 2.30. The first-order chi connectivity index (χ1) is 12.1. The molecule has 3 N–H and O–H groups in total. The van der Waals surface area contributed by atoms with E-state index in [0.29, 0.717) is 11.9 Å². The van der Waals surface area contributed by atoms with Crippen molar-refractivity contribution in [3.63, 3.8) is 0 Å². The number of halogens is 1. The molecule has 3 aromatic heterocycles. The van der Waals surface area contributed by atoms with Crippen LogP contribution < -0.4 is 11.1 Å². The smallest absolute Gasteiger partial charge is 0.165 e. The summed E-state index contributed by atoms with van der Waals surface area (Å²) in [6, 6.07) is 0.572. The van der Waals surface area contributed by atoms with Gasteiger partial charge >= 0.3 is 0 Å². The topological polar surface area (TPSA) is 86.1 Å². The number of hydrogen-bond acceptors (Lipinski definition) is 5. The van der Waals surface area contributed by atoms with E-state index in [9.17, 15) is 0 Å². The summed E-state index contributed by atoms with van der Waals surface area (Å²) >= 11 is 3.61. The highest BCUT2D eigenvalue weighted by Gasteiger charge is 2.18. The van der Waals surface area contributed by atoms with Crippen LogP contribution in [-0.4, -0.2) is 37.0 Å². The highest BCUT2D eigenvalue weighted by atomic mass is 79.9. The van der Waals surface area contributed by atoms with Crippen molar-refractivity contribution in [1.82, 2.24) is 29.7 Å². The number of nitrogens with zero attached hydrogens (tertiary/aromatic N) is 5. The number of piperidine rings is 1. The minimum Gasteiger partial charge on any atom is -0.383 e. The van der Waals surface area contributed by atoms with Gasteiger partial charge in [-0.1, -0.05) is 6.42 Å². The Hall–Kier alpha value is -1.93. The Labute approximate surface area is 154 Å². The van der Waals surface area contributed by atoms with E-state index in [1.165, 1.54) is 19.3 Å². The first kappa shape index (κ1) is 16.5. The lowest BCUT2D eigenvalue weighted by Crippen LogP contribution is -2.34. The Morgan fingerprint density at radius 1 is 1.32 bits per heavy atom. The lowest BCUT2D eigenvalue weighted by molar-refractivity contribution is 0.382. The third-order valence-electron chi connectivity index (χ3n) is 4.85.